The average Bonchev–Trinajstić information content (AvgIpc) is 2.68. The molecule has 3 aromatic carbocycles. The number of sulfonamides is 1. The SMILES string of the molecule is O=C(O)c1cccc(CCc2cccc(NS(=O)(=O)c3cc(Cl)ccc3Cl)c2)c1. The van der Waals surface area contributed by atoms with Crippen molar-refractivity contribution in [2.24, 2.45) is 0 Å². The molecular formula is C21H17Cl2NO4S. The first-order chi connectivity index (χ1) is 13.7. The van der Waals surface area contributed by atoms with Gasteiger partial charge in [-0.2, -0.15) is 0 Å². The number of aryl methyl sites for hydroxylation is 2. The van der Waals surface area contributed by atoms with E-state index >= 15 is 0 Å². The molecule has 8 heteroatoms. The molecule has 5 nitrogen and oxygen atoms in total. The van der Waals surface area contributed by atoms with Crippen molar-refractivity contribution in [3.63, 3.8) is 0 Å². The first-order valence-electron chi connectivity index (χ1n) is 8.64. The molecule has 0 fully saturated rings. The third kappa shape index (κ3) is 5.50. The molecule has 0 spiro atoms. The van der Waals surface area contributed by atoms with Crippen LogP contribution in [0.2, 0.25) is 10.0 Å². The Labute approximate surface area is 179 Å². The predicted molar refractivity (Wildman–Crippen MR) is 115 cm³/mol. The number of anilines is 1. The standard InChI is InChI=1S/C21H17Cl2NO4S/c22-17-9-10-19(23)20(13-17)29(27,28)24-18-6-2-4-15(12-18)8-7-14-3-1-5-16(11-14)21(25)26/h1-6,9-13,24H,7-8H2,(H,25,26). The Morgan fingerprint density at radius 3 is 2.24 bits per heavy atom. The minimum Gasteiger partial charge on any atom is -0.478 e. The van der Waals surface area contributed by atoms with E-state index in [2.05, 4.69) is 4.72 Å². The second-order valence-electron chi connectivity index (χ2n) is 6.39. The van der Waals surface area contributed by atoms with Gasteiger partial charge in [0.05, 0.1) is 10.6 Å². The van der Waals surface area contributed by atoms with E-state index in [9.17, 15) is 13.2 Å². The third-order valence-corrected chi connectivity index (χ3v) is 6.34. The smallest absolute Gasteiger partial charge is 0.335 e. The highest BCUT2D eigenvalue weighted by Crippen LogP contribution is 2.27. The van der Waals surface area contributed by atoms with Crippen LogP contribution in [-0.4, -0.2) is 19.5 Å². The first kappa shape index (κ1) is 21.2. The summed E-state index contributed by atoms with van der Waals surface area (Å²) in [5.74, 6) is -0.970. The van der Waals surface area contributed by atoms with Crippen molar-refractivity contribution in [3.8, 4) is 0 Å². The Balaban J connectivity index is 1.75. The lowest BCUT2D eigenvalue weighted by Crippen LogP contribution is -2.13. The Kier molecular flexibility index (Phi) is 6.47. The van der Waals surface area contributed by atoms with Crippen LogP contribution in [0.3, 0.4) is 0 Å². The van der Waals surface area contributed by atoms with Crippen molar-refractivity contribution < 1.29 is 18.3 Å². The number of hydrogen-bond donors (Lipinski definition) is 2. The van der Waals surface area contributed by atoms with Crippen molar-refractivity contribution in [2.45, 2.75) is 17.7 Å². The molecular weight excluding hydrogens is 433 g/mol. The van der Waals surface area contributed by atoms with E-state index in [1.54, 1.807) is 36.4 Å². The normalized spacial score (nSPS) is 11.2. The number of carbonyl (C=O) groups is 1. The zero-order chi connectivity index (χ0) is 21.0. The summed E-state index contributed by atoms with van der Waals surface area (Å²) in [5.41, 5.74) is 2.44. The molecule has 0 radical (unpaired) electrons. The highest BCUT2D eigenvalue weighted by Gasteiger charge is 2.18. The van der Waals surface area contributed by atoms with Crippen LogP contribution >= 0.6 is 23.2 Å². The van der Waals surface area contributed by atoms with Gasteiger partial charge in [-0.25, -0.2) is 13.2 Å². The number of nitrogens with one attached hydrogen (secondary N) is 1. The van der Waals surface area contributed by atoms with E-state index in [0.717, 1.165) is 11.1 Å². The average molecular weight is 450 g/mol. The van der Waals surface area contributed by atoms with Crippen molar-refractivity contribution in [1.82, 2.24) is 0 Å². The number of halogens is 2. The molecule has 0 aliphatic carbocycles. The molecule has 2 N–H and O–H groups in total. The lowest BCUT2D eigenvalue weighted by molar-refractivity contribution is 0.0696. The number of hydrogen-bond acceptors (Lipinski definition) is 3. The van der Waals surface area contributed by atoms with E-state index in [4.69, 9.17) is 28.3 Å². The summed E-state index contributed by atoms with van der Waals surface area (Å²) in [6.45, 7) is 0. The highest BCUT2D eigenvalue weighted by molar-refractivity contribution is 7.92. The lowest BCUT2D eigenvalue weighted by Gasteiger charge is -2.11. The van der Waals surface area contributed by atoms with Gasteiger partial charge in [0.15, 0.2) is 0 Å². The van der Waals surface area contributed by atoms with Crippen LogP contribution in [0, 0.1) is 0 Å². The Morgan fingerprint density at radius 1 is 0.897 bits per heavy atom. The van der Waals surface area contributed by atoms with Crippen LogP contribution in [0.15, 0.2) is 71.6 Å². The number of aromatic carboxylic acids is 1. The molecule has 3 aromatic rings. The van der Waals surface area contributed by atoms with E-state index in [1.807, 2.05) is 12.1 Å². The summed E-state index contributed by atoms with van der Waals surface area (Å²) in [5, 5.41) is 9.44. The maximum absolute atomic E-state index is 12.7. The fourth-order valence-electron chi connectivity index (χ4n) is 2.83. The zero-order valence-electron chi connectivity index (χ0n) is 15.1. The van der Waals surface area contributed by atoms with Crippen LogP contribution < -0.4 is 4.72 Å². The van der Waals surface area contributed by atoms with Gasteiger partial charge in [0.25, 0.3) is 10.0 Å². The summed E-state index contributed by atoms with van der Waals surface area (Å²) >= 11 is 11.9. The minimum absolute atomic E-state index is 0.0800. The van der Waals surface area contributed by atoms with E-state index in [0.29, 0.717) is 18.5 Å². The van der Waals surface area contributed by atoms with Crippen LogP contribution in [0.4, 0.5) is 5.69 Å². The number of rotatable bonds is 7. The van der Waals surface area contributed by atoms with E-state index in [-0.39, 0.29) is 20.5 Å². The van der Waals surface area contributed by atoms with Gasteiger partial charge in [-0.3, -0.25) is 4.72 Å². The van der Waals surface area contributed by atoms with Gasteiger partial charge in [0.1, 0.15) is 4.90 Å². The summed E-state index contributed by atoms with van der Waals surface area (Å²) in [6, 6.07) is 18.0. The second kappa shape index (κ2) is 8.86. The molecule has 0 unspecified atom stereocenters. The van der Waals surface area contributed by atoms with Crippen molar-refractivity contribution >= 4 is 44.9 Å². The zero-order valence-corrected chi connectivity index (χ0v) is 17.4. The van der Waals surface area contributed by atoms with Crippen LogP contribution in [0.5, 0.6) is 0 Å². The van der Waals surface area contributed by atoms with Gasteiger partial charge < -0.3 is 5.11 Å². The fourth-order valence-corrected chi connectivity index (χ4v) is 4.65. The fraction of sp³-hybridized carbons (Fsp3) is 0.0952. The summed E-state index contributed by atoms with van der Waals surface area (Å²) < 4.78 is 27.8. The second-order valence-corrected chi connectivity index (χ2v) is 8.88. The van der Waals surface area contributed by atoms with Crippen molar-refractivity contribution in [1.29, 1.82) is 0 Å². The topological polar surface area (TPSA) is 83.5 Å². The molecule has 0 atom stereocenters. The maximum Gasteiger partial charge on any atom is 0.335 e. The molecule has 0 saturated heterocycles. The molecule has 150 valence electrons. The third-order valence-electron chi connectivity index (χ3n) is 4.24. The van der Waals surface area contributed by atoms with Gasteiger partial charge in [-0.15, -0.1) is 0 Å². The molecule has 0 bridgehead atoms. The molecule has 3 rings (SSSR count). The molecule has 0 amide bonds. The number of carboxylic acid groups (broad SMARTS) is 1. The molecule has 0 aromatic heterocycles. The van der Waals surface area contributed by atoms with Crippen molar-refractivity contribution in [2.75, 3.05) is 4.72 Å². The Morgan fingerprint density at radius 2 is 1.55 bits per heavy atom. The van der Waals surface area contributed by atoms with Crippen LogP contribution in [0.1, 0.15) is 21.5 Å². The Hall–Kier alpha value is -2.54. The van der Waals surface area contributed by atoms with Gasteiger partial charge in [0, 0.05) is 10.7 Å². The van der Waals surface area contributed by atoms with Gasteiger partial charge >= 0.3 is 5.97 Å². The van der Waals surface area contributed by atoms with Crippen LogP contribution in [0.25, 0.3) is 0 Å². The Bertz CT molecular complexity index is 1160. The van der Waals surface area contributed by atoms with E-state index in [1.165, 1.54) is 18.2 Å². The largest absolute Gasteiger partial charge is 0.478 e. The predicted octanol–water partition coefficient (Wildman–Crippen LogP) is 5.28. The highest BCUT2D eigenvalue weighted by atomic mass is 35.5. The maximum atomic E-state index is 12.7. The number of carboxylic acids is 1. The summed E-state index contributed by atoms with van der Waals surface area (Å²) in [6.07, 6.45) is 1.24. The summed E-state index contributed by atoms with van der Waals surface area (Å²) in [7, 11) is -3.90. The van der Waals surface area contributed by atoms with Crippen LogP contribution in [-0.2, 0) is 22.9 Å². The molecule has 0 aliphatic rings. The molecule has 29 heavy (non-hydrogen) atoms. The molecule has 0 saturated carbocycles. The van der Waals surface area contributed by atoms with Gasteiger partial charge in [-0.1, -0.05) is 47.5 Å². The lowest BCUT2D eigenvalue weighted by atomic mass is 10.0. The van der Waals surface area contributed by atoms with Gasteiger partial charge in [-0.05, 0) is 66.4 Å². The number of benzene rings is 3. The quantitative estimate of drug-likeness (QED) is 0.513. The van der Waals surface area contributed by atoms with E-state index < -0.39 is 16.0 Å². The minimum atomic E-state index is -3.90. The molecule has 0 aliphatic heterocycles. The van der Waals surface area contributed by atoms with Crippen molar-refractivity contribution in [3.05, 3.63) is 93.5 Å². The monoisotopic (exact) mass is 449 g/mol. The first-order valence-corrected chi connectivity index (χ1v) is 10.9. The molecule has 0 heterocycles. The van der Waals surface area contributed by atoms with Gasteiger partial charge in [0.2, 0.25) is 0 Å². The summed E-state index contributed by atoms with van der Waals surface area (Å²) in [4.78, 5) is 11.0.